The highest BCUT2D eigenvalue weighted by atomic mass is 35.5. The molecular weight excluding hydrogens is 339 g/mol. The standard InChI is InChI=1S/C15H8Cl2N4S/c1-7-9-10-11(12(16)20-15(17)19-10)22-14(9)21-13(18-7)8-5-3-2-4-6-8/h2-6H,1H3. The summed E-state index contributed by atoms with van der Waals surface area (Å²) in [6, 6.07) is 9.86. The summed E-state index contributed by atoms with van der Waals surface area (Å²) >= 11 is 13.5. The van der Waals surface area contributed by atoms with Crippen molar-refractivity contribution in [2.24, 2.45) is 0 Å². The quantitative estimate of drug-likeness (QED) is 0.362. The number of fused-ring (bicyclic) bond motifs is 3. The molecule has 108 valence electrons. The van der Waals surface area contributed by atoms with Crippen LogP contribution in [-0.2, 0) is 0 Å². The third-order valence-corrected chi connectivity index (χ3v) is 4.96. The molecule has 0 saturated heterocycles. The predicted octanol–water partition coefficient (Wildman–Crippen LogP) is 4.92. The van der Waals surface area contributed by atoms with E-state index >= 15 is 0 Å². The number of hydrogen-bond acceptors (Lipinski definition) is 5. The molecule has 1 aromatic carbocycles. The Kier molecular flexibility index (Phi) is 3.22. The summed E-state index contributed by atoms with van der Waals surface area (Å²) in [6.07, 6.45) is 0. The molecule has 4 rings (SSSR count). The van der Waals surface area contributed by atoms with Gasteiger partial charge in [0.15, 0.2) is 11.0 Å². The monoisotopic (exact) mass is 346 g/mol. The summed E-state index contributed by atoms with van der Waals surface area (Å²) in [5, 5.41) is 1.35. The van der Waals surface area contributed by atoms with Crippen molar-refractivity contribution in [1.82, 2.24) is 19.9 Å². The predicted molar refractivity (Wildman–Crippen MR) is 90.7 cm³/mol. The van der Waals surface area contributed by atoms with Crippen LogP contribution in [0.5, 0.6) is 0 Å². The van der Waals surface area contributed by atoms with E-state index in [4.69, 9.17) is 23.2 Å². The highest BCUT2D eigenvalue weighted by Crippen LogP contribution is 2.37. The summed E-state index contributed by atoms with van der Waals surface area (Å²) in [5.41, 5.74) is 2.53. The van der Waals surface area contributed by atoms with Crippen molar-refractivity contribution in [3.8, 4) is 11.4 Å². The molecule has 0 amide bonds. The van der Waals surface area contributed by atoms with E-state index in [2.05, 4.69) is 19.9 Å². The lowest BCUT2D eigenvalue weighted by Gasteiger charge is -2.02. The van der Waals surface area contributed by atoms with Crippen molar-refractivity contribution in [2.75, 3.05) is 0 Å². The molecule has 0 fully saturated rings. The normalized spacial score (nSPS) is 11.4. The van der Waals surface area contributed by atoms with Gasteiger partial charge in [-0.25, -0.2) is 19.9 Å². The van der Waals surface area contributed by atoms with Gasteiger partial charge in [-0.15, -0.1) is 11.3 Å². The van der Waals surface area contributed by atoms with Gasteiger partial charge in [0.05, 0.1) is 21.3 Å². The van der Waals surface area contributed by atoms with E-state index in [1.54, 1.807) is 0 Å². The maximum absolute atomic E-state index is 6.17. The summed E-state index contributed by atoms with van der Waals surface area (Å²) < 4.78 is 0.781. The second kappa shape index (κ2) is 5.12. The highest BCUT2D eigenvalue weighted by Gasteiger charge is 2.17. The molecule has 22 heavy (non-hydrogen) atoms. The first kappa shape index (κ1) is 13.8. The minimum atomic E-state index is 0.128. The highest BCUT2D eigenvalue weighted by molar-refractivity contribution is 7.26. The third kappa shape index (κ3) is 2.13. The van der Waals surface area contributed by atoms with Crippen molar-refractivity contribution < 1.29 is 0 Å². The number of aromatic nitrogens is 4. The zero-order valence-electron chi connectivity index (χ0n) is 11.3. The second-order valence-corrected chi connectivity index (χ2v) is 6.44. The SMILES string of the molecule is Cc1nc(-c2ccccc2)nc2sc3c(Cl)nc(Cl)nc3c12. The zero-order chi connectivity index (χ0) is 15.3. The van der Waals surface area contributed by atoms with Crippen molar-refractivity contribution in [3.05, 3.63) is 46.5 Å². The van der Waals surface area contributed by atoms with Crippen molar-refractivity contribution in [2.45, 2.75) is 6.92 Å². The summed E-state index contributed by atoms with van der Waals surface area (Å²) in [5.74, 6) is 0.687. The minimum Gasteiger partial charge on any atom is -0.233 e. The van der Waals surface area contributed by atoms with Crippen LogP contribution >= 0.6 is 34.5 Å². The van der Waals surface area contributed by atoms with Gasteiger partial charge in [0, 0.05) is 5.56 Å². The molecule has 0 spiro atoms. The molecule has 0 saturated carbocycles. The minimum absolute atomic E-state index is 0.128. The molecule has 3 heterocycles. The number of hydrogen-bond donors (Lipinski definition) is 0. The molecule has 0 aliphatic rings. The molecule has 4 aromatic rings. The fraction of sp³-hybridized carbons (Fsp3) is 0.0667. The first-order valence-electron chi connectivity index (χ1n) is 6.49. The van der Waals surface area contributed by atoms with Crippen LogP contribution < -0.4 is 0 Å². The van der Waals surface area contributed by atoms with Gasteiger partial charge in [0.25, 0.3) is 0 Å². The van der Waals surface area contributed by atoms with Gasteiger partial charge >= 0.3 is 0 Å². The number of nitrogens with zero attached hydrogens (tertiary/aromatic N) is 4. The maximum Gasteiger partial charge on any atom is 0.224 e. The fourth-order valence-corrected chi connectivity index (χ4v) is 3.91. The topological polar surface area (TPSA) is 51.6 Å². The van der Waals surface area contributed by atoms with Gasteiger partial charge in [0.1, 0.15) is 4.83 Å². The van der Waals surface area contributed by atoms with Crippen LogP contribution in [0, 0.1) is 6.92 Å². The number of thiophene rings is 1. The van der Waals surface area contributed by atoms with E-state index in [-0.39, 0.29) is 5.28 Å². The lowest BCUT2D eigenvalue weighted by Crippen LogP contribution is -1.92. The van der Waals surface area contributed by atoms with Gasteiger partial charge < -0.3 is 0 Å². The van der Waals surface area contributed by atoms with Gasteiger partial charge in [-0.05, 0) is 18.5 Å². The molecule has 0 atom stereocenters. The Hall–Kier alpha value is -1.82. The van der Waals surface area contributed by atoms with Crippen LogP contribution in [0.15, 0.2) is 30.3 Å². The van der Waals surface area contributed by atoms with Crippen LogP contribution in [0.4, 0.5) is 0 Å². The first-order chi connectivity index (χ1) is 10.6. The van der Waals surface area contributed by atoms with Crippen LogP contribution in [-0.4, -0.2) is 19.9 Å². The van der Waals surface area contributed by atoms with Crippen molar-refractivity contribution in [1.29, 1.82) is 0 Å². The van der Waals surface area contributed by atoms with E-state index < -0.39 is 0 Å². The average molecular weight is 347 g/mol. The van der Waals surface area contributed by atoms with E-state index in [1.165, 1.54) is 11.3 Å². The van der Waals surface area contributed by atoms with Gasteiger partial charge in [-0.3, -0.25) is 0 Å². The Balaban J connectivity index is 2.08. The largest absolute Gasteiger partial charge is 0.233 e. The Labute approximate surface area is 139 Å². The van der Waals surface area contributed by atoms with Crippen LogP contribution in [0.2, 0.25) is 10.4 Å². The second-order valence-electron chi connectivity index (χ2n) is 4.74. The summed E-state index contributed by atoms with van der Waals surface area (Å²) in [4.78, 5) is 18.4. The molecule has 0 aliphatic carbocycles. The van der Waals surface area contributed by atoms with Gasteiger partial charge in [-0.2, -0.15) is 0 Å². The van der Waals surface area contributed by atoms with E-state index in [0.29, 0.717) is 16.5 Å². The number of rotatable bonds is 1. The molecule has 7 heteroatoms. The van der Waals surface area contributed by atoms with E-state index in [1.807, 2.05) is 37.3 Å². The average Bonchev–Trinajstić information content (AvgIpc) is 2.87. The molecule has 0 bridgehead atoms. The molecule has 0 unspecified atom stereocenters. The molecular formula is C15H8Cl2N4S. The lowest BCUT2D eigenvalue weighted by molar-refractivity contribution is 1.16. The smallest absolute Gasteiger partial charge is 0.224 e. The molecule has 0 N–H and O–H groups in total. The van der Waals surface area contributed by atoms with Crippen LogP contribution in [0.25, 0.3) is 31.8 Å². The molecule has 0 aliphatic heterocycles. The Morgan fingerprint density at radius 1 is 0.955 bits per heavy atom. The summed E-state index contributed by atoms with van der Waals surface area (Å²) in [7, 11) is 0. The number of benzene rings is 1. The zero-order valence-corrected chi connectivity index (χ0v) is 13.7. The first-order valence-corrected chi connectivity index (χ1v) is 8.06. The Bertz CT molecular complexity index is 1010. The number of halogens is 2. The third-order valence-electron chi connectivity index (χ3n) is 3.32. The molecule has 0 radical (unpaired) electrons. The van der Waals surface area contributed by atoms with Crippen LogP contribution in [0.3, 0.4) is 0 Å². The van der Waals surface area contributed by atoms with E-state index in [0.717, 1.165) is 26.2 Å². The van der Waals surface area contributed by atoms with Gasteiger partial charge in [-0.1, -0.05) is 41.9 Å². The summed E-state index contributed by atoms with van der Waals surface area (Å²) in [6.45, 7) is 1.94. The maximum atomic E-state index is 6.17. The Morgan fingerprint density at radius 2 is 1.73 bits per heavy atom. The lowest BCUT2D eigenvalue weighted by atomic mass is 10.2. The van der Waals surface area contributed by atoms with E-state index in [9.17, 15) is 0 Å². The molecule has 4 nitrogen and oxygen atoms in total. The number of aryl methyl sites for hydroxylation is 1. The molecule has 3 aromatic heterocycles. The Morgan fingerprint density at radius 3 is 2.50 bits per heavy atom. The van der Waals surface area contributed by atoms with Gasteiger partial charge in [0.2, 0.25) is 5.28 Å². The fourth-order valence-electron chi connectivity index (χ4n) is 2.36. The van der Waals surface area contributed by atoms with Crippen LogP contribution in [0.1, 0.15) is 5.69 Å². The van der Waals surface area contributed by atoms with Crippen molar-refractivity contribution >= 4 is 55.0 Å². The van der Waals surface area contributed by atoms with Crippen molar-refractivity contribution in [3.63, 3.8) is 0 Å².